The van der Waals surface area contributed by atoms with Gasteiger partial charge in [-0.1, -0.05) is 76.2 Å². The third kappa shape index (κ3) is 6.25. The number of hydrogen-bond acceptors (Lipinski definition) is 4. The number of hydrogen-bond donors (Lipinski definition) is 0. The van der Waals surface area contributed by atoms with E-state index in [1.165, 1.54) is 11.1 Å². The van der Waals surface area contributed by atoms with E-state index in [1.54, 1.807) is 9.13 Å². The molecule has 0 unspecified atom stereocenters. The van der Waals surface area contributed by atoms with Crippen LogP contribution in [-0.4, -0.2) is 20.9 Å². The molecule has 0 saturated carbocycles. The smallest absolute Gasteiger partial charge is 0.292 e. The van der Waals surface area contributed by atoms with Crippen LogP contribution in [0.4, 0.5) is 11.4 Å². The lowest BCUT2D eigenvalue weighted by atomic mass is 9.73. The molecule has 0 fully saturated rings. The maximum Gasteiger partial charge on any atom is 0.292 e. The van der Waals surface area contributed by atoms with Gasteiger partial charge in [-0.05, 0) is 60.4 Å². The van der Waals surface area contributed by atoms with Gasteiger partial charge in [0.1, 0.15) is 24.8 Å². The standard InChI is InChI=1S/C38H44N6O2/c1-9-43-24-22-41(7)35(43)33(45)39-31-18-14-27(15-19-31)37(3,4)29-12-11-13-30(26-29)38(5,6)28-16-20-32(21-17-28)40-34(46)36-42(8)23-25-44(36)10-2/h11-26H,9-10H2,1-8H3. The van der Waals surface area contributed by atoms with E-state index in [9.17, 15) is 10.2 Å². The Morgan fingerprint density at radius 2 is 0.978 bits per heavy atom. The van der Waals surface area contributed by atoms with Crippen LogP contribution >= 0.6 is 0 Å². The SMILES string of the molecule is CCn1cc[n+](C)c1C([O-])=Nc1ccc(C(C)(C)c2cccc(C(C)(C)c3ccc(N=C([O-])c4n(CC)cc[n+]4C)cc3)c2)cc1. The molecule has 238 valence electrons. The van der Waals surface area contributed by atoms with Crippen LogP contribution in [0.2, 0.25) is 0 Å². The summed E-state index contributed by atoms with van der Waals surface area (Å²) in [7, 11) is 3.72. The lowest BCUT2D eigenvalue weighted by Crippen LogP contribution is -2.40. The molecule has 0 saturated heterocycles. The summed E-state index contributed by atoms with van der Waals surface area (Å²) >= 11 is 0. The fourth-order valence-corrected chi connectivity index (χ4v) is 5.98. The number of rotatable bonds is 10. The Bertz CT molecular complexity index is 1760. The highest BCUT2D eigenvalue weighted by Gasteiger charge is 2.28. The fraction of sp³-hybridized carbons (Fsp3) is 0.316. The van der Waals surface area contributed by atoms with E-state index in [0.29, 0.717) is 36.1 Å². The molecule has 0 aliphatic carbocycles. The first-order valence-electron chi connectivity index (χ1n) is 15.8. The minimum atomic E-state index is -0.284. The van der Waals surface area contributed by atoms with Gasteiger partial charge in [0, 0.05) is 10.8 Å². The van der Waals surface area contributed by atoms with Gasteiger partial charge in [0.05, 0.1) is 50.4 Å². The summed E-state index contributed by atoms with van der Waals surface area (Å²) in [4.78, 5) is 8.77. The minimum absolute atomic E-state index is 0.259. The Labute approximate surface area is 272 Å². The molecular weight excluding hydrogens is 572 g/mol. The molecule has 0 spiro atoms. The molecule has 0 aliphatic rings. The molecule has 2 aromatic heterocycles. The summed E-state index contributed by atoms with van der Waals surface area (Å²) < 4.78 is 7.41. The largest absolute Gasteiger partial charge is 0.853 e. The maximum atomic E-state index is 12.9. The van der Waals surface area contributed by atoms with Crippen molar-refractivity contribution in [1.29, 1.82) is 0 Å². The van der Waals surface area contributed by atoms with Crippen LogP contribution in [0.1, 0.15) is 75.4 Å². The molecule has 5 rings (SSSR count). The Balaban J connectivity index is 1.37. The predicted octanol–water partition coefficient (Wildman–Crippen LogP) is 4.51. The highest BCUT2D eigenvalue weighted by molar-refractivity contribution is 5.88. The van der Waals surface area contributed by atoms with E-state index < -0.39 is 0 Å². The van der Waals surface area contributed by atoms with Crippen molar-refractivity contribution in [3.8, 4) is 0 Å². The molecule has 0 aliphatic heterocycles. The number of aromatic nitrogens is 4. The van der Waals surface area contributed by atoms with Crippen molar-refractivity contribution in [2.24, 2.45) is 24.1 Å². The average Bonchev–Trinajstić information content (AvgIpc) is 3.62. The van der Waals surface area contributed by atoms with Crippen molar-refractivity contribution in [2.45, 2.75) is 65.5 Å². The summed E-state index contributed by atoms with van der Waals surface area (Å²) in [5, 5.41) is 25.9. The second kappa shape index (κ2) is 12.8. The van der Waals surface area contributed by atoms with Gasteiger partial charge in [-0.2, -0.15) is 0 Å². The van der Waals surface area contributed by atoms with Crippen LogP contribution in [0.5, 0.6) is 0 Å². The van der Waals surface area contributed by atoms with Gasteiger partial charge in [-0.3, -0.25) is 9.98 Å². The summed E-state index contributed by atoms with van der Waals surface area (Å²) in [6.45, 7) is 14.3. The molecule has 8 heteroatoms. The number of nitrogens with zero attached hydrogens (tertiary/aromatic N) is 6. The Morgan fingerprint density at radius 1 is 0.609 bits per heavy atom. The normalized spacial score (nSPS) is 13.0. The van der Waals surface area contributed by atoms with E-state index in [4.69, 9.17) is 0 Å². The van der Waals surface area contributed by atoms with Gasteiger partial charge < -0.3 is 10.2 Å². The van der Waals surface area contributed by atoms with Crippen LogP contribution in [0.3, 0.4) is 0 Å². The zero-order chi connectivity index (χ0) is 33.2. The van der Waals surface area contributed by atoms with Crippen molar-refractivity contribution in [3.63, 3.8) is 0 Å². The lowest BCUT2D eigenvalue weighted by Gasteiger charge is -2.31. The van der Waals surface area contributed by atoms with Crippen molar-refractivity contribution < 1.29 is 19.3 Å². The number of aliphatic imine (C=N–C) groups is 2. The molecule has 2 heterocycles. The average molecular weight is 617 g/mol. The molecule has 5 aromatic rings. The minimum Gasteiger partial charge on any atom is -0.853 e. The zero-order valence-corrected chi connectivity index (χ0v) is 28.2. The first-order valence-corrected chi connectivity index (χ1v) is 15.8. The summed E-state index contributed by atoms with van der Waals surface area (Å²) in [5.41, 5.74) is 5.35. The monoisotopic (exact) mass is 616 g/mol. The van der Waals surface area contributed by atoms with Crippen LogP contribution in [0, 0.1) is 0 Å². The molecular formula is C38H44N6O2. The van der Waals surface area contributed by atoms with Gasteiger partial charge in [0.25, 0.3) is 11.6 Å². The van der Waals surface area contributed by atoms with Gasteiger partial charge in [-0.15, -0.1) is 0 Å². The summed E-state index contributed by atoms with van der Waals surface area (Å²) in [6, 6.07) is 24.6. The first-order chi connectivity index (χ1) is 21.9. The Morgan fingerprint density at radius 3 is 1.33 bits per heavy atom. The molecule has 3 aromatic carbocycles. The molecule has 0 bridgehead atoms. The van der Waals surface area contributed by atoms with Crippen molar-refractivity contribution in [2.75, 3.05) is 0 Å². The van der Waals surface area contributed by atoms with Crippen molar-refractivity contribution in [1.82, 2.24) is 9.13 Å². The van der Waals surface area contributed by atoms with E-state index in [1.807, 2.05) is 86.1 Å². The summed E-state index contributed by atoms with van der Waals surface area (Å²) in [5.74, 6) is 0.594. The van der Waals surface area contributed by atoms with Crippen LogP contribution in [-0.2, 0) is 38.0 Å². The van der Waals surface area contributed by atoms with Gasteiger partial charge in [0.2, 0.25) is 0 Å². The van der Waals surface area contributed by atoms with Gasteiger partial charge in [-0.25, -0.2) is 18.3 Å². The fourth-order valence-electron chi connectivity index (χ4n) is 5.98. The second-order valence-electron chi connectivity index (χ2n) is 12.8. The van der Waals surface area contributed by atoms with Crippen LogP contribution in [0.25, 0.3) is 0 Å². The lowest BCUT2D eigenvalue weighted by molar-refractivity contribution is -0.674. The van der Waals surface area contributed by atoms with E-state index in [2.05, 4.69) is 86.2 Å². The highest BCUT2D eigenvalue weighted by atomic mass is 16.3. The summed E-state index contributed by atoms with van der Waals surface area (Å²) in [6.07, 6.45) is 7.53. The molecule has 0 radical (unpaired) electrons. The highest BCUT2D eigenvalue weighted by Crippen LogP contribution is 2.37. The third-order valence-corrected chi connectivity index (χ3v) is 9.16. The third-order valence-electron chi connectivity index (χ3n) is 9.16. The molecule has 0 amide bonds. The van der Waals surface area contributed by atoms with E-state index in [-0.39, 0.29) is 22.6 Å². The Kier molecular flexibility index (Phi) is 9.01. The van der Waals surface area contributed by atoms with Crippen molar-refractivity contribution >= 4 is 23.2 Å². The number of benzene rings is 3. The maximum absolute atomic E-state index is 12.9. The first kappa shape index (κ1) is 32.4. The molecule has 0 N–H and O–H groups in total. The van der Waals surface area contributed by atoms with Gasteiger partial charge >= 0.3 is 0 Å². The number of aryl methyl sites for hydroxylation is 4. The zero-order valence-electron chi connectivity index (χ0n) is 28.2. The molecule has 0 atom stereocenters. The topological polar surface area (TPSA) is 88.5 Å². The van der Waals surface area contributed by atoms with E-state index >= 15 is 0 Å². The predicted molar refractivity (Wildman–Crippen MR) is 179 cm³/mol. The molecule has 46 heavy (non-hydrogen) atoms. The van der Waals surface area contributed by atoms with Crippen molar-refractivity contribution in [3.05, 3.63) is 131 Å². The van der Waals surface area contributed by atoms with E-state index in [0.717, 1.165) is 11.1 Å². The quantitative estimate of drug-likeness (QED) is 0.131. The Hall–Kier alpha value is -4.98. The second-order valence-corrected chi connectivity index (χ2v) is 12.8. The molecule has 8 nitrogen and oxygen atoms in total. The number of imidazole rings is 2. The van der Waals surface area contributed by atoms with Crippen LogP contribution in [0.15, 0.2) is 108 Å². The van der Waals surface area contributed by atoms with Gasteiger partial charge in [0.15, 0.2) is 0 Å². The van der Waals surface area contributed by atoms with Crippen LogP contribution < -0.4 is 19.3 Å².